The van der Waals surface area contributed by atoms with E-state index in [-0.39, 0.29) is 11.7 Å². The first-order chi connectivity index (χ1) is 10.5. The average Bonchev–Trinajstić information content (AvgIpc) is 2.90. The van der Waals surface area contributed by atoms with Crippen molar-refractivity contribution in [1.29, 1.82) is 0 Å². The van der Waals surface area contributed by atoms with Gasteiger partial charge in [-0.05, 0) is 25.0 Å². The summed E-state index contributed by atoms with van der Waals surface area (Å²) in [7, 11) is 0. The highest BCUT2D eigenvalue weighted by molar-refractivity contribution is 9.10. The summed E-state index contributed by atoms with van der Waals surface area (Å²) in [6.45, 7) is 0.847. The third-order valence-corrected chi connectivity index (χ3v) is 4.37. The van der Waals surface area contributed by atoms with E-state index in [4.69, 9.17) is 5.11 Å². The number of piperidine rings is 1. The minimum atomic E-state index is -0.914. The second-order valence-corrected chi connectivity index (χ2v) is 6.15. The number of amides is 1. The number of carboxylic acid groups (broad SMARTS) is 1. The lowest BCUT2D eigenvalue weighted by Crippen LogP contribution is -2.40. The molecule has 0 spiro atoms. The molecule has 1 fully saturated rings. The number of nitrogens with zero attached hydrogens (tertiary/aromatic N) is 3. The quantitative estimate of drug-likeness (QED) is 0.852. The fraction of sp³-hybridized carbons (Fsp3) is 0.357. The maximum Gasteiger partial charge on any atom is 0.407 e. The van der Waals surface area contributed by atoms with Gasteiger partial charge in [-0.3, -0.25) is 4.98 Å². The highest BCUT2D eigenvalue weighted by Gasteiger charge is 2.25. The van der Waals surface area contributed by atoms with Crippen molar-refractivity contribution < 1.29 is 9.90 Å². The van der Waals surface area contributed by atoms with Gasteiger partial charge in [-0.2, -0.15) is 0 Å². The Balaban J connectivity index is 1.80. The molecule has 116 valence electrons. The lowest BCUT2D eigenvalue weighted by atomic mass is 10.1. The molecule has 0 radical (unpaired) electrons. The Labute approximate surface area is 134 Å². The molecule has 2 heterocycles. The van der Waals surface area contributed by atoms with E-state index in [1.165, 1.54) is 9.58 Å². The van der Waals surface area contributed by atoms with Crippen LogP contribution in [0, 0.1) is 0 Å². The Bertz CT molecular complexity index is 729. The standard InChI is InChI=1S/C14H15BrN4O3/c15-10-3-1-9(2-4-10)12-16-13(20)19(17-12)11-5-7-18(8-6-11)14(21)22/h1-4,11H,5-8H2,(H,21,22)(H,16,17,20). The minimum absolute atomic E-state index is 0.0662. The number of H-pyrrole nitrogens is 1. The largest absolute Gasteiger partial charge is 0.465 e. The number of hydrogen-bond donors (Lipinski definition) is 2. The summed E-state index contributed by atoms with van der Waals surface area (Å²) in [5, 5.41) is 13.3. The van der Waals surface area contributed by atoms with Gasteiger partial charge in [0.25, 0.3) is 0 Å². The Morgan fingerprint density at radius 3 is 2.50 bits per heavy atom. The Kier molecular flexibility index (Phi) is 4.02. The molecule has 3 rings (SSSR count). The topological polar surface area (TPSA) is 91.2 Å². The number of hydrogen-bond acceptors (Lipinski definition) is 3. The van der Waals surface area contributed by atoms with Crippen LogP contribution in [0.4, 0.5) is 4.79 Å². The van der Waals surface area contributed by atoms with Crippen LogP contribution in [-0.2, 0) is 0 Å². The number of likely N-dealkylation sites (tertiary alicyclic amines) is 1. The van der Waals surface area contributed by atoms with Crippen LogP contribution in [0.15, 0.2) is 33.5 Å². The van der Waals surface area contributed by atoms with Crippen LogP contribution in [0.5, 0.6) is 0 Å². The number of aromatic nitrogens is 3. The van der Waals surface area contributed by atoms with Crippen molar-refractivity contribution in [2.75, 3.05) is 13.1 Å². The molecular weight excluding hydrogens is 352 g/mol. The molecule has 1 amide bonds. The number of benzene rings is 1. The summed E-state index contributed by atoms with van der Waals surface area (Å²) in [5.74, 6) is 0.526. The van der Waals surface area contributed by atoms with Gasteiger partial charge >= 0.3 is 11.8 Å². The van der Waals surface area contributed by atoms with Crippen molar-refractivity contribution in [1.82, 2.24) is 19.7 Å². The molecular formula is C14H15BrN4O3. The van der Waals surface area contributed by atoms with Crippen LogP contribution in [0.1, 0.15) is 18.9 Å². The lowest BCUT2D eigenvalue weighted by molar-refractivity contribution is 0.123. The van der Waals surface area contributed by atoms with Crippen molar-refractivity contribution in [3.8, 4) is 11.4 Å². The fourth-order valence-electron chi connectivity index (χ4n) is 2.62. The van der Waals surface area contributed by atoms with Gasteiger partial charge < -0.3 is 10.0 Å². The van der Waals surface area contributed by atoms with Crippen molar-refractivity contribution in [2.24, 2.45) is 0 Å². The molecule has 7 nitrogen and oxygen atoms in total. The normalized spacial score (nSPS) is 16.0. The molecule has 0 aliphatic carbocycles. The Hall–Kier alpha value is -2.09. The van der Waals surface area contributed by atoms with Crippen LogP contribution in [0.3, 0.4) is 0 Å². The van der Waals surface area contributed by atoms with E-state index in [9.17, 15) is 9.59 Å². The summed E-state index contributed by atoms with van der Waals surface area (Å²) in [5.41, 5.74) is 0.578. The van der Waals surface area contributed by atoms with Crippen LogP contribution in [0.25, 0.3) is 11.4 Å². The van der Waals surface area contributed by atoms with E-state index >= 15 is 0 Å². The van der Waals surface area contributed by atoms with Crippen LogP contribution < -0.4 is 5.69 Å². The molecule has 0 bridgehead atoms. The van der Waals surface area contributed by atoms with Crippen LogP contribution in [0.2, 0.25) is 0 Å². The van der Waals surface area contributed by atoms with Gasteiger partial charge in [-0.15, -0.1) is 5.10 Å². The summed E-state index contributed by atoms with van der Waals surface area (Å²) in [6, 6.07) is 7.46. The van der Waals surface area contributed by atoms with Crippen molar-refractivity contribution >= 4 is 22.0 Å². The molecule has 8 heteroatoms. The highest BCUT2D eigenvalue weighted by atomic mass is 79.9. The van der Waals surface area contributed by atoms with E-state index in [1.54, 1.807) is 0 Å². The molecule has 1 saturated heterocycles. The van der Waals surface area contributed by atoms with E-state index in [0.717, 1.165) is 10.0 Å². The average molecular weight is 367 g/mol. The van der Waals surface area contributed by atoms with Crippen LogP contribution >= 0.6 is 15.9 Å². The van der Waals surface area contributed by atoms with E-state index < -0.39 is 6.09 Å². The number of aromatic amines is 1. The zero-order chi connectivity index (χ0) is 15.7. The molecule has 2 N–H and O–H groups in total. The minimum Gasteiger partial charge on any atom is -0.465 e. The first-order valence-electron chi connectivity index (χ1n) is 6.97. The molecule has 1 aliphatic heterocycles. The summed E-state index contributed by atoms with van der Waals surface area (Å²) < 4.78 is 2.40. The zero-order valence-electron chi connectivity index (χ0n) is 11.7. The fourth-order valence-corrected chi connectivity index (χ4v) is 2.89. The Morgan fingerprint density at radius 2 is 1.91 bits per heavy atom. The van der Waals surface area contributed by atoms with Crippen molar-refractivity contribution in [3.63, 3.8) is 0 Å². The molecule has 0 unspecified atom stereocenters. The maximum atomic E-state index is 12.1. The molecule has 2 aromatic rings. The molecule has 0 atom stereocenters. The predicted octanol–water partition coefficient (Wildman–Crippen LogP) is 2.32. The van der Waals surface area contributed by atoms with Gasteiger partial charge in [-0.1, -0.05) is 28.1 Å². The molecule has 1 aliphatic rings. The maximum absolute atomic E-state index is 12.1. The number of rotatable bonds is 2. The molecule has 1 aromatic heterocycles. The molecule has 1 aromatic carbocycles. The predicted molar refractivity (Wildman–Crippen MR) is 83.9 cm³/mol. The molecule has 22 heavy (non-hydrogen) atoms. The monoisotopic (exact) mass is 366 g/mol. The van der Waals surface area contributed by atoms with Gasteiger partial charge in [0, 0.05) is 23.1 Å². The summed E-state index contributed by atoms with van der Waals surface area (Å²) in [4.78, 5) is 27.1. The Morgan fingerprint density at radius 1 is 1.27 bits per heavy atom. The van der Waals surface area contributed by atoms with Gasteiger partial charge in [0.15, 0.2) is 5.82 Å². The van der Waals surface area contributed by atoms with Gasteiger partial charge in [0.2, 0.25) is 0 Å². The smallest absolute Gasteiger partial charge is 0.407 e. The first kappa shape index (κ1) is 14.8. The SMILES string of the molecule is O=C(O)N1CCC(n2nc(-c3ccc(Br)cc3)[nH]c2=O)CC1. The third-order valence-electron chi connectivity index (χ3n) is 3.84. The van der Waals surface area contributed by atoms with Crippen molar-refractivity contribution in [2.45, 2.75) is 18.9 Å². The van der Waals surface area contributed by atoms with Crippen LogP contribution in [-0.4, -0.2) is 44.0 Å². The summed E-state index contributed by atoms with van der Waals surface area (Å²) in [6.07, 6.45) is 0.275. The highest BCUT2D eigenvalue weighted by Crippen LogP contribution is 2.22. The van der Waals surface area contributed by atoms with E-state index in [1.807, 2.05) is 24.3 Å². The number of nitrogens with one attached hydrogen (secondary N) is 1. The number of halogens is 1. The third kappa shape index (κ3) is 2.92. The zero-order valence-corrected chi connectivity index (χ0v) is 13.3. The van der Waals surface area contributed by atoms with Gasteiger partial charge in [0.05, 0.1) is 6.04 Å². The van der Waals surface area contributed by atoms with Gasteiger partial charge in [0.1, 0.15) is 0 Å². The molecule has 0 saturated carbocycles. The van der Waals surface area contributed by atoms with E-state index in [0.29, 0.717) is 31.8 Å². The van der Waals surface area contributed by atoms with Crippen molar-refractivity contribution in [3.05, 3.63) is 39.2 Å². The first-order valence-corrected chi connectivity index (χ1v) is 7.76. The second-order valence-electron chi connectivity index (χ2n) is 5.23. The lowest BCUT2D eigenvalue weighted by Gasteiger charge is -2.29. The van der Waals surface area contributed by atoms with Gasteiger partial charge in [-0.25, -0.2) is 14.3 Å². The summed E-state index contributed by atoms with van der Waals surface area (Å²) >= 11 is 3.37. The van der Waals surface area contributed by atoms with E-state index in [2.05, 4.69) is 26.0 Å². The second kappa shape index (κ2) is 5.96. The number of carbonyl (C=O) groups is 1.